The molecular formula is C22H23N3O4. The molecule has 150 valence electrons. The van der Waals surface area contributed by atoms with Gasteiger partial charge < -0.3 is 14.6 Å². The van der Waals surface area contributed by atoms with Gasteiger partial charge in [0.25, 0.3) is 5.91 Å². The molecule has 1 aromatic carbocycles. The molecule has 29 heavy (non-hydrogen) atoms. The maximum Gasteiger partial charge on any atom is 0.331 e. The topological polar surface area (TPSA) is 80.6 Å². The lowest BCUT2D eigenvalue weighted by molar-refractivity contribution is -0.143. The van der Waals surface area contributed by atoms with E-state index in [9.17, 15) is 14.4 Å². The lowest BCUT2D eigenvalue weighted by atomic mass is 10.2. The minimum absolute atomic E-state index is 0.101. The second kappa shape index (κ2) is 7.58. The fourth-order valence-corrected chi connectivity index (χ4v) is 3.74. The third-order valence-electron chi connectivity index (χ3n) is 5.24. The number of ether oxygens (including phenoxy) is 1. The van der Waals surface area contributed by atoms with Crippen molar-refractivity contribution in [3.05, 3.63) is 53.4 Å². The molecule has 1 aliphatic carbocycles. The normalized spacial score (nSPS) is 15.9. The molecule has 0 spiro atoms. The second-order valence-corrected chi connectivity index (χ2v) is 7.41. The molecule has 2 aliphatic rings. The predicted octanol–water partition coefficient (Wildman–Crippen LogP) is 2.98. The van der Waals surface area contributed by atoms with E-state index in [0.29, 0.717) is 17.4 Å². The van der Waals surface area contributed by atoms with Gasteiger partial charge in [0.15, 0.2) is 6.61 Å². The van der Waals surface area contributed by atoms with E-state index in [4.69, 9.17) is 4.74 Å². The SMILES string of the molecule is Cc1cc(/C=C/C(=O)OCC(=O)N2CC(=O)Nc3ccccc32)c(C)n1C1CC1. The number of amides is 2. The van der Waals surface area contributed by atoms with E-state index in [-0.39, 0.29) is 12.5 Å². The molecule has 1 aliphatic heterocycles. The molecule has 2 amide bonds. The molecule has 0 bridgehead atoms. The molecular weight excluding hydrogens is 370 g/mol. The van der Waals surface area contributed by atoms with Crippen molar-refractivity contribution in [2.75, 3.05) is 23.4 Å². The summed E-state index contributed by atoms with van der Waals surface area (Å²) >= 11 is 0. The van der Waals surface area contributed by atoms with Crippen molar-refractivity contribution in [3.63, 3.8) is 0 Å². The lowest BCUT2D eigenvalue weighted by Crippen LogP contribution is -2.43. The maximum atomic E-state index is 12.5. The van der Waals surface area contributed by atoms with Gasteiger partial charge in [0, 0.05) is 23.5 Å². The quantitative estimate of drug-likeness (QED) is 0.626. The lowest BCUT2D eigenvalue weighted by Gasteiger charge is -2.28. The van der Waals surface area contributed by atoms with Crippen molar-refractivity contribution < 1.29 is 19.1 Å². The number of fused-ring (bicyclic) bond motifs is 1. The van der Waals surface area contributed by atoms with Crippen LogP contribution in [-0.2, 0) is 19.1 Å². The van der Waals surface area contributed by atoms with Crippen LogP contribution in [0.15, 0.2) is 36.4 Å². The number of aryl methyl sites for hydroxylation is 1. The van der Waals surface area contributed by atoms with E-state index in [2.05, 4.69) is 16.8 Å². The number of benzene rings is 1. The van der Waals surface area contributed by atoms with Crippen LogP contribution in [0.25, 0.3) is 6.08 Å². The summed E-state index contributed by atoms with van der Waals surface area (Å²) in [7, 11) is 0. The van der Waals surface area contributed by atoms with Gasteiger partial charge in [0.2, 0.25) is 5.91 Å². The van der Waals surface area contributed by atoms with Crippen molar-refractivity contribution >= 4 is 35.2 Å². The highest BCUT2D eigenvalue weighted by atomic mass is 16.5. The molecule has 0 radical (unpaired) electrons. The highest BCUT2D eigenvalue weighted by molar-refractivity contribution is 6.10. The smallest absolute Gasteiger partial charge is 0.331 e. The van der Waals surface area contributed by atoms with Gasteiger partial charge in [-0.25, -0.2) is 4.79 Å². The number of carbonyl (C=O) groups excluding carboxylic acids is 3. The first-order chi connectivity index (χ1) is 13.9. The average Bonchev–Trinajstić information content (AvgIpc) is 3.49. The Kier molecular flexibility index (Phi) is 4.96. The second-order valence-electron chi connectivity index (χ2n) is 7.41. The van der Waals surface area contributed by atoms with Gasteiger partial charge in [-0.1, -0.05) is 12.1 Å². The van der Waals surface area contributed by atoms with Crippen molar-refractivity contribution in [2.45, 2.75) is 32.7 Å². The van der Waals surface area contributed by atoms with Gasteiger partial charge in [-0.2, -0.15) is 0 Å². The Balaban J connectivity index is 1.38. The van der Waals surface area contributed by atoms with E-state index >= 15 is 0 Å². The van der Waals surface area contributed by atoms with Crippen LogP contribution in [0.2, 0.25) is 0 Å². The fraction of sp³-hybridized carbons (Fsp3) is 0.318. The number of esters is 1. The minimum atomic E-state index is -0.593. The van der Waals surface area contributed by atoms with Crippen molar-refractivity contribution in [2.24, 2.45) is 0 Å². The number of hydrogen-bond acceptors (Lipinski definition) is 4. The molecule has 7 nitrogen and oxygen atoms in total. The Morgan fingerprint density at radius 3 is 2.76 bits per heavy atom. The Morgan fingerprint density at radius 2 is 2.00 bits per heavy atom. The largest absolute Gasteiger partial charge is 0.452 e. The molecule has 7 heteroatoms. The molecule has 1 N–H and O–H groups in total. The number of carbonyl (C=O) groups is 3. The molecule has 0 saturated heterocycles. The summed E-state index contributed by atoms with van der Waals surface area (Å²) in [5.74, 6) is -1.32. The zero-order valence-electron chi connectivity index (χ0n) is 16.5. The molecule has 2 aromatic rings. The van der Waals surface area contributed by atoms with Crippen LogP contribution < -0.4 is 10.2 Å². The number of hydrogen-bond donors (Lipinski definition) is 1. The molecule has 1 fully saturated rings. The first-order valence-electron chi connectivity index (χ1n) is 9.66. The minimum Gasteiger partial charge on any atom is -0.452 e. The van der Waals surface area contributed by atoms with E-state index in [0.717, 1.165) is 11.3 Å². The summed E-state index contributed by atoms with van der Waals surface area (Å²) in [5, 5.41) is 2.72. The number of anilines is 2. The van der Waals surface area contributed by atoms with Crippen LogP contribution in [-0.4, -0.2) is 35.5 Å². The standard InChI is InChI=1S/C22H23N3O4/c1-14-11-16(15(2)25(14)17-8-9-17)7-10-22(28)29-13-21(27)24-12-20(26)23-18-5-3-4-6-19(18)24/h3-7,10-11,17H,8-9,12-13H2,1-2H3,(H,23,26)/b10-7+. The zero-order valence-corrected chi connectivity index (χ0v) is 16.5. The fourth-order valence-electron chi connectivity index (χ4n) is 3.74. The summed E-state index contributed by atoms with van der Waals surface area (Å²) in [5.41, 5.74) is 4.43. The van der Waals surface area contributed by atoms with Crippen LogP contribution in [0.5, 0.6) is 0 Å². The highest BCUT2D eigenvalue weighted by Crippen LogP contribution is 2.38. The monoisotopic (exact) mass is 393 g/mol. The number of aromatic nitrogens is 1. The van der Waals surface area contributed by atoms with Crippen LogP contribution in [0.3, 0.4) is 0 Å². The molecule has 2 heterocycles. The van der Waals surface area contributed by atoms with Crippen LogP contribution in [0.1, 0.15) is 35.8 Å². The van der Waals surface area contributed by atoms with Gasteiger partial charge in [-0.3, -0.25) is 14.5 Å². The maximum absolute atomic E-state index is 12.5. The molecule has 1 aromatic heterocycles. The Labute approximate surface area is 168 Å². The number of nitrogens with one attached hydrogen (secondary N) is 1. The van der Waals surface area contributed by atoms with E-state index in [1.165, 1.54) is 29.5 Å². The van der Waals surface area contributed by atoms with Gasteiger partial charge >= 0.3 is 5.97 Å². The van der Waals surface area contributed by atoms with Crippen molar-refractivity contribution in [1.82, 2.24) is 4.57 Å². The number of para-hydroxylation sites is 2. The first kappa shape index (κ1) is 19.0. The third-order valence-corrected chi connectivity index (χ3v) is 5.24. The van der Waals surface area contributed by atoms with Crippen molar-refractivity contribution in [3.8, 4) is 0 Å². The highest BCUT2D eigenvalue weighted by Gasteiger charge is 2.28. The molecule has 4 rings (SSSR count). The Hall–Kier alpha value is -3.35. The summed E-state index contributed by atoms with van der Waals surface area (Å²) in [4.78, 5) is 37.8. The first-order valence-corrected chi connectivity index (χ1v) is 9.66. The molecule has 0 atom stereocenters. The summed E-state index contributed by atoms with van der Waals surface area (Å²) in [6.07, 6.45) is 5.45. The summed E-state index contributed by atoms with van der Waals surface area (Å²) in [6.45, 7) is 3.58. The summed E-state index contributed by atoms with van der Waals surface area (Å²) in [6, 6.07) is 9.64. The summed E-state index contributed by atoms with van der Waals surface area (Å²) < 4.78 is 7.41. The average molecular weight is 393 g/mol. The Bertz CT molecular complexity index is 1020. The van der Waals surface area contributed by atoms with Crippen LogP contribution >= 0.6 is 0 Å². The van der Waals surface area contributed by atoms with Gasteiger partial charge in [0.05, 0.1) is 11.4 Å². The molecule has 0 unspecified atom stereocenters. The van der Waals surface area contributed by atoms with Crippen LogP contribution in [0, 0.1) is 13.8 Å². The van der Waals surface area contributed by atoms with E-state index < -0.39 is 18.5 Å². The number of rotatable bonds is 5. The zero-order chi connectivity index (χ0) is 20.5. The van der Waals surface area contributed by atoms with Gasteiger partial charge in [-0.05, 0) is 56.5 Å². The molecule has 1 saturated carbocycles. The van der Waals surface area contributed by atoms with Gasteiger partial charge in [-0.15, -0.1) is 0 Å². The van der Waals surface area contributed by atoms with E-state index in [1.807, 2.05) is 13.0 Å². The third kappa shape index (κ3) is 3.94. The van der Waals surface area contributed by atoms with E-state index in [1.54, 1.807) is 30.3 Å². The predicted molar refractivity (Wildman–Crippen MR) is 110 cm³/mol. The number of nitrogens with zero attached hydrogens (tertiary/aromatic N) is 2. The van der Waals surface area contributed by atoms with Crippen LogP contribution in [0.4, 0.5) is 11.4 Å². The Morgan fingerprint density at radius 1 is 1.24 bits per heavy atom. The van der Waals surface area contributed by atoms with Gasteiger partial charge in [0.1, 0.15) is 6.54 Å². The van der Waals surface area contributed by atoms with Crippen molar-refractivity contribution in [1.29, 1.82) is 0 Å².